The van der Waals surface area contributed by atoms with E-state index in [-0.39, 0.29) is 0 Å². The molecule has 4 nitrogen and oxygen atoms in total. The molecule has 1 saturated carbocycles. The van der Waals surface area contributed by atoms with E-state index in [1.165, 1.54) is 29.8 Å². The molecule has 22 heavy (non-hydrogen) atoms. The number of likely N-dealkylation sites (tertiary alicyclic amines) is 1. The van der Waals surface area contributed by atoms with Gasteiger partial charge in [-0.15, -0.1) is 0 Å². The molecular weight excluding hydrogens is 272 g/mol. The van der Waals surface area contributed by atoms with Gasteiger partial charge in [0, 0.05) is 30.4 Å². The molecule has 2 N–H and O–H groups in total. The van der Waals surface area contributed by atoms with Crippen molar-refractivity contribution < 1.29 is 0 Å². The smallest absolute Gasteiger partial charge is 0.0652 e. The fourth-order valence-electron chi connectivity index (χ4n) is 3.75. The molecule has 116 valence electrons. The summed E-state index contributed by atoms with van der Waals surface area (Å²) in [4.78, 5) is 2.43. The van der Waals surface area contributed by atoms with Crippen LogP contribution in [-0.2, 0) is 0 Å². The van der Waals surface area contributed by atoms with Crippen LogP contribution in [0.5, 0.6) is 0 Å². The number of hydrogen-bond acceptors (Lipinski definition) is 3. The molecule has 0 bridgehead atoms. The van der Waals surface area contributed by atoms with Crippen molar-refractivity contribution in [2.45, 2.75) is 31.2 Å². The van der Waals surface area contributed by atoms with Crippen LogP contribution < -0.4 is 5.73 Å². The maximum absolute atomic E-state index is 5.86. The molecule has 1 saturated heterocycles. The zero-order chi connectivity index (χ0) is 15.1. The summed E-state index contributed by atoms with van der Waals surface area (Å²) >= 11 is 0. The van der Waals surface area contributed by atoms with Gasteiger partial charge in [0.15, 0.2) is 0 Å². The van der Waals surface area contributed by atoms with Gasteiger partial charge in [0.1, 0.15) is 0 Å². The van der Waals surface area contributed by atoms with Gasteiger partial charge >= 0.3 is 0 Å². The van der Waals surface area contributed by atoms with Crippen molar-refractivity contribution in [3.05, 3.63) is 47.8 Å². The van der Waals surface area contributed by atoms with Crippen molar-refractivity contribution in [2.24, 2.45) is 11.7 Å². The van der Waals surface area contributed by atoms with E-state index in [4.69, 9.17) is 5.73 Å². The molecule has 1 aliphatic carbocycles. The normalized spacial score (nSPS) is 25.7. The van der Waals surface area contributed by atoms with Gasteiger partial charge in [-0.1, -0.05) is 12.1 Å². The van der Waals surface area contributed by atoms with Gasteiger partial charge in [-0.2, -0.15) is 5.10 Å². The standard InChI is InChI=1S/C18H24N4/c1-21-12-13(11-19)9-18(21)15-3-2-4-16(10-15)22-17(7-8-20-22)14-5-6-14/h2-4,7-8,10,13-14,18H,5-6,9,11-12,19H2,1H3. The lowest BCUT2D eigenvalue weighted by Gasteiger charge is -2.20. The molecular formula is C18H24N4. The van der Waals surface area contributed by atoms with Crippen LogP contribution in [0.15, 0.2) is 36.5 Å². The zero-order valence-electron chi connectivity index (χ0n) is 13.2. The lowest BCUT2D eigenvalue weighted by Crippen LogP contribution is -2.20. The minimum atomic E-state index is 0.480. The summed E-state index contributed by atoms with van der Waals surface area (Å²) in [7, 11) is 2.20. The maximum atomic E-state index is 5.86. The molecule has 0 amide bonds. The van der Waals surface area contributed by atoms with Crippen molar-refractivity contribution >= 4 is 0 Å². The molecule has 2 fully saturated rings. The number of hydrogen-bond donors (Lipinski definition) is 1. The fourth-order valence-corrected chi connectivity index (χ4v) is 3.75. The number of rotatable bonds is 4. The highest BCUT2D eigenvalue weighted by molar-refractivity contribution is 5.39. The molecule has 2 heterocycles. The minimum absolute atomic E-state index is 0.480. The van der Waals surface area contributed by atoms with Gasteiger partial charge < -0.3 is 5.73 Å². The van der Waals surface area contributed by atoms with E-state index >= 15 is 0 Å². The van der Waals surface area contributed by atoms with Crippen LogP contribution in [0.25, 0.3) is 5.69 Å². The summed E-state index contributed by atoms with van der Waals surface area (Å²) < 4.78 is 2.12. The average Bonchev–Trinajstić information content (AvgIpc) is 3.14. The lowest BCUT2D eigenvalue weighted by molar-refractivity contribution is 0.313. The molecule has 4 rings (SSSR count). The third kappa shape index (κ3) is 2.46. The van der Waals surface area contributed by atoms with Gasteiger partial charge in [-0.3, -0.25) is 4.90 Å². The number of nitrogens with zero attached hydrogens (tertiary/aromatic N) is 3. The molecule has 0 radical (unpaired) electrons. The van der Waals surface area contributed by atoms with E-state index in [9.17, 15) is 0 Å². The SMILES string of the molecule is CN1CC(CN)CC1c1cccc(-n2nccc2C2CC2)c1. The topological polar surface area (TPSA) is 47.1 Å². The van der Waals surface area contributed by atoms with Crippen molar-refractivity contribution in [1.82, 2.24) is 14.7 Å². The Labute approximate surface area is 131 Å². The Bertz CT molecular complexity index is 659. The van der Waals surface area contributed by atoms with E-state index in [0.717, 1.165) is 19.5 Å². The highest BCUT2D eigenvalue weighted by Crippen LogP contribution is 2.41. The van der Waals surface area contributed by atoms with Gasteiger partial charge in [0.05, 0.1) is 5.69 Å². The second-order valence-corrected chi connectivity index (χ2v) is 6.83. The third-order valence-corrected chi connectivity index (χ3v) is 5.14. The average molecular weight is 296 g/mol. The van der Waals surface area contributed by atoms with Gasteiger partial charge in [0.25, 0.3) is 0 Å². The van der Waals surface area contributed by atoms with Crippen molar-refractivity contribution in [3.8, 4) is 5.69 Å². The largest absolute Gasteiger partial charge is 0.330 e. The Morgan fingerprint density at radius 3 is 2.86 bits per heavy atom. The quantitative estimate of drug-likeness (QED) is 0.943. The Hall–Kier alpha value is -1.65. The van der Waals surface area contributed by atoms with Gasteiger partial charge in [-0.25, -0.2) is 4.68 Å². The number of nitrogens with two attached hydrogens (primary N) is 1. The van der Waals surface area contributed by atoms with Crippen LogP contribution in [0.4, 0.5) is 0 Å². The Morgan fingerprint density at radius 1 is 1.27 bits per heavy atom. The first-order valence-electron chi connectivity index (χ1n) is 8.31. The van der Waals surface area contributed by atoms with Crippen molar-refractivity contribution in [3.63, 3.8) is 0 Å². The second-order valence-electron chi connectivity index (χ2n) is 6.83. The summed E-state index contributed by atoms with van der Waals surface area (Å²) in [5, 5.41) is 4.55. The molecule has 2 atom stereocenters. The van der Waals surface area contributed by atoms with Crippen LogP contribution in [-0.4, -0.2) is 34.8 Å². The van der Waals surface area contributed by atoms with E-state index in [1.807, 2.05) is 6.20 Å². The van der Waals surface area contributed by atoms with Crippen LogP contribution in [0.1, 0.15) is 42.5 Å². The first-order valence-corrected chi connectivity index (χ1v) is 8.31. The van der Waals surface area contributed by atoms with Crippen molar-refractivity contribution in [1.29, 1.82) is 0 Å². The predicted molar refractivity (Wildman–Crippen MR) is 88.1 cm³/mol. The Kier molecular flexibility index (Phi) is 3.51. The highest BCUT2D eigenvalue weighted by Gasteiger charge is 2.30. The Morgan fingerprint density at radius 2 is 2.14 bits per heavy atom. The summed E-state index contributed by atoms with van der Waals surface area (Å²) in [5.74, 6) is 1.33. The first-order chi connectivity index (χ1) is 10.8. The molecule has 1 aromatic carbocycles. The number of aromatic nitrogens is 2. The van der Waals surface area contributed by atoms with Crippen LogP contribution in [0, 0.1) is 5.92 Å². The van der Waals surface area contributed by atoms with Crippen LogP contribution in [0.3, 0.4) is 0 Å². The highest BCUT2D eigenvalue weighted by atomic mass is 15.3. The number of benzene rings is 1. The van der Waals surface area contributed by atoms with E-state index in [1.54, 1.807) is 0 Å². The molecule has 2 aliphatic rings. The molecule has 4 heteroatoms. The summed E-state index contributed by atoms with van der Waals surface area (Å²) in [5.41, 5.74) is 9.79. The van der Waals surface area contributed by atoms with Gasteiger partial charge in [0.2, 0.25) is 0 Å². The molecule has 1 aromatic heterocycles. The Balaban J connectivity index is 1.64. The van der Waals surface area contributed by atoms with E-state index in [2.05, 4.69) is 52.1 Å². The maximum Gasteiger partial charge on any atom is 0.0652 e. The molecule has 0 spiro atoms. The van der Waals surface area contributed by atoms with Crippen molar-refractivity contribution in [2.75, 3.05) is 20.1 Å². The van der Waals surface area contributed by atoms with Crippen LogP contribution >= 0.6 is 0 Å². The van der Waals surface area contributed by atoms with Gasteiger partial charge in [-0.05, 0) is 62.5 Å². The minimum Gasteiger partial charge on any atom is -0.330 e. The first kappa shape index (κ1) is 14.0. The third-order valence-electron chi connectivity index (χ3n) is 5.14. The second kappa shape index (κ2) is 5.52. The lowest BCUT2D eigenvalue weighted by atomic mass is 9.99. The molecule has 2 aromatic rings. The van der Waals surface area contributed by atoms with Crippen LogP contribution in [0.2, 0.25) is 0 Å². The predicted octanol–water partition coefficient (Wildman–Crippen LogP) is 2.70. The summed E-state index contributed by atoms with van der Waals surface area (Å²) in [6, 6.07) is 11.5. The fraction of sp³-hybridized carbons (Fsp3) is 0.500. The monoisotopic (exact) mass is 296 g/mol. The van der Waals surface area contributed by atoms with E-state index < -0.39 is 0 Å². The summed E-state index contributed by atoms with van der Waals surface area (Å²) in [6.45, 7) is 1.88. The summed E-state index contributed by atoms with van der Waals surface area (Å²) in [6.07, 6.45) is 5.68. The molecule has 2 unspecified atom stereocenters. The molecule has 1 aliphatic heterocycles. The zero-order valence-corrected chi connectivity index (χ0v) is 13.2. The van der Waals surface area contributed by atoms with E-state index in [0.29, 0.717) is 17.9 Å².